The van der Waals surface area contributed by atoms with Gasteiger partial charge in [-0.25, -0.2) is 4.98 Å². The third kappa shape index (κ3) is 3.04. The molecule has 0 saturated heterocycles. The number of hydrogen-bond donors (Lipinski definition) is 3. The molecule has 0 atom stereocenters. The summed E-state index contributed by atoms with van der Waals surface area (Å²) < 4.78 is 0. The van der Waals surface area contributed by atoms with Crippen molar-refractivity contribution < 1.29 is 9.59 Å². The minimum Gasteiger partial charge on any atom is -0.397 e. The number of carbonyl (C=O) groups excluding carboxylic acids is 2. The van der Waals surface area contributed by atoms with E-state index in [0.717, 1.165) is 0 Å². The summed E-state index contributed by atoms with van der Waals surface area (Å²) >= 11 is 5.82. The number of anilines is 2. The van der Waals surface area contributed by atoms with Crippen molar-refractivity contribution >= 4 is 34.8 Å². The van der Waals surface area contributed by atoms with E-state index in [1.165, 1.54) is 24.4 Å². The molecule has 102 valence electrons. The van der Waals surface area contributed by atoms with Crippen LogP contribution in [0.4, 0.5) is 11.4 Å². The summed E-state index contributed by atoms with van der Waals surface area (Å²) in [7, 11) is 0. The van der Waals surface area contributed by atoms with Gasteiger partial charge in [0, 0.05) is 5.69 Å². The van der Waals surface area contributed by atoms with E-state index < -0.39 is 11.8 Å². The highest BCUT2D eigenvalue weighted by Crippen LogP contribution is 2.20. The van der Waals surface area contributed by atoms with Crippen LogP contribution in [0.5, 0.6) is 0 Å². The van der Waals surface area contributed by atoms with Gasteiger partial charge in [0.05, 0.1) is 22.5 Å². The van der Waals surface area contributed by atoms with Crippen molar-refractivity contribution in [1.82, 2.24) is 4.98 Å². The maximum absolute atomic E-state index is 11.9. The van der Waals surface area contributed by atoms with E-state index in [2.05, 4.69) is 10.3 Å². The van der Waals surface area contributed by atoms with Crippen LogP contribution in [0.25, 0.3) is 0 Å². The van der Waals surface area contributed by atoms with Gasteiger partial charge in [-0.15, -0.1) is 0 Å². The van der Waals surface area contributed by atoms with Gasteiger partial charge < -0.3 is 16.8 Å². The molecular formula is C13H11ClN4O2. The van der Waals surface area contributed by atoms with Gasteiger partial charge in [-0.05, 0) is 30.3 Å². The fraction of sp³-hybridized carbons (Fsp3) is 0. The van der Waals surface area contributed by atoms with Gasteiger partial charge in [-0.3, -0.25) is 9.59 Å². The highest BCUT2D eigenvalue weighted by molar-refractivity contribution is 6.34. The highest BCUT2D eigenvalue weighted by Gasteiger charge is 2.11. The van der Waals surface area contributed by atoms with Gasteiger partial charge in [-0.1, -0.05) is 11.6 Å². The van der Waals surface area contributed by atoms with Crippen LogP contribution in [0.15, 0.2) is 36.5 Å². The number of nitrogens with one attached hydrogen (secondary N) is 1. The minimum absolute atomic E-state index is 0.134. The molecule has 0 spiro atoms. The second-order valence-electron chi connectivity index (χ2n) is 3.99. The topological polar surface area (TPSA) is 111 Å². The molecule has 1 aromatic heterocycles. The SMILES string of the molecule is NC(=O)c1cc(NC(=O)c2ccc(N)cn2)ccc1Cl. The van der Waals surface area contributed by atoms with Crippen LogP contribution in [0.2, 0.25) is 5.02 Å². The monoisotopic (exact) mass is 290 g/mol. The molecule has 0 aliphatic rings. The van der Waals surface area contributed by atoms with Gasteiger partial charge in [0.25, 0.3) is 5.91 Å². The first-order chi connectivity index (χ1) is 9.47. The first kappa shape index (κ1) is 13.8. The van der Waals surface area contributed by atoms with Crippen LogP contribution in [-0.2, 0) is 0 Å². The van der Waals surface area contributed by atoms with Gasteiger partial charge in [0.15, 0.2) is 0 Å². The van der Waals surface area contributed by atoms with Crippen molar-refractivity contribution in [3.63, 3.8) is 0 Å². The van der Waals surface area contributed by atoms with Crippen LogP contribution in [0.1, 0.15) is 20.8 Å². The molecule has 0 saturated carbocycles. The van der Waals surface area contributed by atoms with E-state index in [-0.39, 0.29) is 16.3 Å². The summed E-state index contributed by atoms with van der Waals surface area (Å²) in [6.45, 7) is 0. The summed E-state index contributed by atoms with van der Waals surface area (Å²) in [5.41, 5.74) is 11.9. The third-order valence-corrected chi connectivity index (χ3v) is 2.84. The van der Waals surface area contributed by atoms with Gasteiger partial charge in [0.2, 0.25) is 5.91 Å². The van der Waals surface area contributed by atoms with Crippen molar-refractivity contribution in [2.75, 3.05) is 11.1 Å². The molecule has 6 nitrogen and oxygen atoms in total. The Hall–Kier alpha value is -2.60. The zero-order valence-corrected chi connectivity index (χ0v) is 11.0. The molecule has 2 rings (SSSR count). The number of aromatic nitrogens is 1. The number of nitrogens with two attached hydrogens (primary N) is 2. The smallest absolute Gasteiger partial charge is 0.274 e. The van der Waals surface area contributed by atoms with Crippen LogP contribution >= 0.6 is 11.6 Å². The number of hydrogen-bond acceptors (Lipinski definition) is 4. The third-order valence-electron chi connectivity index (χ3n) is 2.51. The number of halogens is 1. The number of nitrogen functional groups attached to an aromatic ring is 1. The van der Waals surface area contributed by atoms with Gasteiger partial charge >= 0.3 is 0 Å². The largest absolute Gasteiger partial charge is 0.397 e. The van der Waals surface area contributed by atoms with E-state index in [4.69, 9.17) is 23.1 Å². The van der Waals surface area contributed by atoms with Crippen LogP contribution < -0.4 is 16.8 Å². The summed E-state index contributed by atoms with van der Waals surface area (Å²) in [6, 6.07) is 7.51. The standard InChI is InChI=1S/C13H11ClN4O2/c14-10-3-2-8(5-9(10)12(16)19)18-13(20)11-4-1-7(15)6-17-11/h1-6H,15H2,(H2,16,19)(H,18,20). The summed E-state index contributed by atoms with van der Waals surface area (Å²) in [5.74, 6) is -1.10. The first-order valence-corrected chi connectivity index (χ1v) is 5.97. The van der Waals surface area contributed by atoms with Crippen molar-refractivity contribution in [1.29, 1.82) is 0 Å². The number of amides is 2. The average molecular weight is 291 g/mol. The molecule has 7 heteroatoms. The molecule has 5 N–H and O–H groups in total. The lowest BCUT2D eigenvalue weighted by molar-refractivity contribution is 0.0995. The zero-order valence-electron chi connectivity index (χ0n) is 10.3. The lowest BCUT2D eigenvalue weighted by Crippen LogP contribution is -2.15. The summed E-state index contributed by atoms with van der Waals surface area (Å²) in [6.07, 6.45) is 1.38. The second kappa shape index (κ2) is 5.58. The lowest BCUT2D eigenvalue weighted by atomic mass is 10.2. The van der Waals surface area contributed by atoms with Gasteiger partial charge in [0.1, 0.15) is 5.69 Å². The Kier molecular flexibility index (Phi) is 3.86. The predicted octanol–water partition coefficient (Wildman–Crippen LogP) is 1.67. The molecular weight excluding hydrogens is 280 g/mol. The zero-order chi connectivity index (χ0) is 14.7. The Morgan fingerprint density at radius 3 is 2.55 bits per heavy atom. The maximum atomic E-state index is 11.9. The first-order valence-electron chi connectivity index (χ1n) is 5.59. The molecule has 0 bridgehead atoms. The highest BCUT2D eigenvalue weighted by atomic mass is 35.5. The molecule has 0 aliphatic carbocycles. The Morgan fingerprint density at radius 1 is 1.20 bits per heavy atom. The Bertz CT molecular complexity index is 671. The summed E-state index contributed by atoms with van der Waals surface area (Å²) in [5, 5.41) is 2.81. The van der Waals surface area contributed by atoms with Crippen LogP contribution in [-0.4, -0.2) is 16.8 Å². The van der Waals surface area contributed by atoms with E-state index in [0.29, 0.717) is 11.4 Å². The minimum atomic E-state index is -0.670. The number of primary amides is 1. The fourth-order valence-corrected chi connectivity index (χ4v) is 1.74. The number of nitrogens with zero attached hydrogens (tertiary/aromatic N) is 1. The molecule has 0 fully saturated rings. The maximum Gasteiger partial charge on any atom is 0.274 e. The normalized spacial score (nSPS) is 10.1. The van der Waals surface area contributed by atoms with E-state index >= 15 is 0 Å². The Balaban J connectivity index is 2.21. The van der Waals surface area contributed by atoms with E-state index in [1.807, 2.05) is 0 Å². The number of rotatable bonds is 3. The number of carbonyl (C=O) groups is 2. The number of benzene rings is 1. The Labute approximate surface area is 119 Å². The fourth-order valence-electron chi connectivity index (χ4n) is 1.53. The predicted molar refractivity (Wildman–Crippen MR) is 76.6 cm³/mol. The average Bonchev–Trinajstić information content (AvgIpc) is 2.41. The van der Waals surface area contributed by atoms with Crippen LogP contribution in [0.3, 0.4) is 0 Å². The van der Waals surface area contributed by atoms with Crippen molar-refractivity contribution in [3.8, 4) is 0 Å². The molecule has 1 aromatic carbocycles. The second-order valence-corrected chi connectivity index (χ2v) is 4.40. The molecule has 2 amide bonds. The molecule has 0 aliphatic heterocycles. The number of pyridine rings is 1. The van der Waals surface area contributed by atoms with Crippen molar-refractivity contribution in [2.24, 2.45) is 5.73 Å². The van der Waals surface area contributed by atoms with Crippen molar-refractivity contribution in [3.05, 3.63) is 52.8 Å². The van der Waals surface area contributed by atoms with E-state index in [9.17, 15) is 9.59 Å². The Morgan fingerprint density at radius 2 is 1.95 bits per heavy atom. The molecule has 0 unspecified atom stereocenters. The van der Waals surface area contributed by atoms with Crippen molar-refractivity contribution in [2.45, 2.75) is 0 Å². The molecule has 2 aromatic rings. The quantitative estimate of drug-likeness (QED) is 0.798. The van der Waals surface area contributed by atoms with Crippen LogP contribution in [0, 0.1) is 0 Å². The lowest BCUT2D eigenvalue weighted by Gasteiger charge is -2.07. The summed E-state index contributed by atoms with van der Waals surface area (Å²) in [4.78, 5) is 27.0. The molecule has 0 radical (unpaired) electrons. The molecule has 1 heterocycles. The van der Waals surface area contributed by atoms with E-state index in [1.54, 1.807) is 12.1 Å². The molecule has 20 heavy (non-hydrogen) atoms. The van der Waals surface area contributed by atoms with Gasteiger partial charge in [-0.2, -0.15) is 0 Å².